The van der Waals surface area contributed by atoms with Gasteiger partial charge in [0.2, 0.25) is 0 Å². The first-order valence-electron chi connectivity index (χ1n) is 8.43. The fraction of sp³-hybridized carbons (Fsp3) is 0.350. The van der Waals surface area contributed by atoms with Crippen molar-refractivity contribution in [2.75, 3.05) is 27.8 Å². The third-order valence-electron chi connectivity index (χ3n) is 3.66. The van der Waals surface area contributed by atoms with Crippen molar-refractivity contribution in [2.45, 2.75) is 20.0 Å². The zero-order valence-electron chi connectivity index (χ0n) is 15.5. The van der Waals surface area contributed by atoms with Crippen LogP contribution in [-0.2, 0) is 13.1 Å². The van der Waals surface area contributed by atoms with Crippen LogP contribution >= 0.6 is 0 Å². The van der Waals surface area contributed by atoms with Crippen molar-refractivity contribution in [2.24, 2.45) is 4.99 Å². The molecule has 0 aliphatic rings. The van der Waals surface area contributed by atoms with E-state index in [1.165, 1.54) is 5.56 Å². The van der Waals surface area contributed by atoms with E-state index in [2.05, 4.69) is 17.4 Å². The van der Waals surface area contributed by atoms with Gasteiger partial charge in [0.05, 0.1) is 20.3 Å². The van der Waals surface area contributed by atoms with E-state index in [1.807, 2.05) is 62.3 Å². The number of hydrogen-bond acceptors (Lipinski definition) is 3. The maximum atomic E-state index is 5.63. The highest BCUT2D eigenvalue weighted by Crippen LogP contribution is 2.28. The molecule has 0 heterocycles. The summed E-state index contributed by atoms with van der Waals surface area (Å²) in [5.74, 6) is 2.34. The second-order valence-electron chi connectivity index (χ2n) is 5.79. The molecule has 25 heavy (non-hydrogen) atoms. The number of ether oxygens (including phenoxy) is 2. The van der Waals surface area contributed by atoms with Crippen molar-refractivity contribution in [3.8, 4) is 11.5 Å². The maximum absolute atomic E-state index is 5.63. The number of methoxy groups -OCH3 is 1. The van der Waals surface area contributed by atoms with Gasteiger partial charge in [-0.2, -0.15) is 0 Å². The molecule has 0 fully saturated rings. The minimum atomic E-state index is 0.569. The Morgan fingerprint density at radius 1 is 1.04 bits per heavy atom. The van der Waals surface area contributed by atoms with E-state index in [1.54, 1.807) is 7.11 Å². The van der Waals surface area contributed by atoms with Crippen molar-refractivity contribution in [3.63, 3.8) is 0 Å². The van der Waals surface area contributed by atoms with Crippen molar-refractivity contribution in [1.82, 2.24) is 10.2 Å². The molecule has 2 aromatic carbocycles. The van der Waals surface area contributed by atoms with Gasteiger partial charge in [-0.15, -0.1) is 0 Å². The topological polar surface area (TPSA) is 46.1 Å². The molecule has 5 nitrogen and oxygen atoms in total. The van der Waals surface area contributed by atoms with Crippen LogP contribution in [-0.4, -0.2) is 38.7 Å². The van der Waals surface area contributed by atoms with E-state index in [0.29, 0.717) is 13.2 Å². The highest BCUT2D eigenvalue weighted by molar-refractivity contribution is 5.79. The van der Waals surface area contributed by atoms with Crippen molar-refractivity contribution in [3.05, 3.63) is 59.7 Å². The van der Waals surface area contributed by atoms with Gasteiger partial charge in [-0.25, -0.2) is 4.99 Å². The third kappa shape index (κ3) is 5.71. The Labute approximate surface area is 150 Å². The molecule has 0 bridgehead atoms. The smallest absolute Gasteiger partial charge is 0.194 e. The number of guanidine groups is 1. The Kier molecular flexibility index (Phi) is 7.14. The first-order valence-corrected chi connectivity index (χ1v) is 8.43. The number of rotatable bonds is 7. The van der Waals surface area contributed by atoms with E-state index in [-0.39, 0.29) is 0 Å². The quantitative estimate of drug-likeness (QED) is 0.620. The normalized spacial score (nSPS) is 11.1. The van der Waals surface area contributed by atoms with Gasteiger partial charge in [-0.3, -0.25) is 0 Å². The van der Waals surface area contributed by atoms with Crippen molar-refractivity contribution < 1.29 is 9.47 Å². The fourth-order valence-corrected chi connectivity index (χ4v) is 2.39. The fourth-order valence-electron chi connectivity index (χ4n) is 2.39. The summed E-state index contributed by atoms with van der Waals surface area (Å²) in [6, 6.07) is 16.2. The van der Waals surface area contributed by atoms with Crippen molar-refractivity contribution >= 4 is 5.96 Å². The van der Waals surface area contributed by atoms with E-state index >= 15 is 0 Å². The highest BCUT2D eigenvalue weighted by Gasteiger charge is 2.06. The summed E-state index contributed by atoms with van der Waals surface area (Å²) >= 11 is 0. The van der Waals surface area contributed by atoms with E-state index in [4.69, 9.17) is 14.5 Å². The summed E-state index contributed by atoms with van der Waals surface area (Å²) in [5, 5.41) is 3.39. The molecule has 0 aliphatic carbocycles. The van der Waals surface area contributed by atoms with Crippen LogP contribution in [0.1, 0.15) is 18.1 Å². The molecule has 2 aromatic rings. The summed E-state index contributed by atoms with van der Waals surface area (Å²) in [5.41, 5.74) is 2.30. The molecule has 0 radical (unpaired) electrons. The molecule has 134 valence electrons. The lowest BCUT2D eigenvalue weighted by Gasteiger charge is -2.18. The Morgan fingerprint density at radius 2 is 1.80 bits per heavy atom. The Hall–Kier alpha value is -2.69. The zero-order valence-corrected chi connectivity index (χ0v) is 15.5. The monoisotopic (exact) mass is 341 g/mol. The van der Waals surface area contributed by atoms with Gasteiger partial charge in [0.25, 0.3) is 0 Å². The molecule has 0 unspecified atom stereocenters. The predicted molar refractivity (Wildman–Crippen MR) is 102 cm³/mol. The van der Waals surface area contributed by atoms with Gasteiger partial charge < -0.3 is 19.7 Å². The van der Waals surface area contributed by atoms with Crippen LogP contribution < -0.4 is 14.8 Å². The first-order chi connectivity index (χ1) is 12.1. The Balaban J connectivity index is 2.06. The van der Waals surface area contributed by atoms with Crippen LogP contribution in [0.4, 0.5) is 0 Å². The van der Waals surface area contributed by atoms with E-state index < -0.39 is 0 Å². The van der Waals surface area contributed by atoms with Gasteiger partial charge in [-0.1, -0.05) is 36.4 Å². The number of nitrogens with zero attached hydrogens (tertiary/aromatic N) is 2. The molecular weight excluding hydrogens is 314 g/mol. The van der Waals surface area contributed by atoms with E-state index in [0.717, 1.165) is 29.6 Å². The molecule has 2 rings (SSSR count). The van der Waals surface area contributed by atoms with Gasteiger partial charge >= 0.3 is 0 Å². The van der Waals surface area contributed by atoms with Crippen LogP contribution in [0.25, 0.3) is 0 Å². The number of benzene rings is 2. The van der Waals surface area contributed by atoms with Gasteiger partial charge in [0.1, 0.15) is 0 Å². The minimum absolute atomic E-state index is 0.569. The summed E-state index contributed by atoms with van der Waals surface area (Å²) in [7, 11) is 5.61. The Morgan fingerprint density at radius 3 is 2.44 bits per heavy atom. The average Bonchev–Trinajstić information content (AvgIpc) is 2.63. The summed E-state index contributed by atoms with van der Waals surface area (Å²) in [6.07, 6.45) is 0. The molecule has 0 amide bonds. The largest absolute Gasteiger partial charge is 0.493 e. The predicted octanol–water partition coefficient (Wildman–Crippen LogP) is 3.30. The maximum Gasteiger partial charge on any atom is 0.194 e. The summed E-state index contributed by atoms with van der Waals surface area (Å²) in [4.78, 5) is 6.68. The average molecular weight is 341 g/mol. The Bertz CT molecular complexity index is 685. The molecule has 0 atom stereocenters. The molecule has 5 heteroatoms. The van der Waals surface area contributed by atoms with Crippen molar-refractivity contribution in [1.29, 1.82) is 0 Å². The molecule has 0 saturated heterocycles. The lowest BCUT2D eigenvalue weighted by Crippen LogP contribution is -2.36. The standard InChI is InChI=1S/C20H27N3O2/c1-5-25-19-13-17(11-12-18(19)24-4)15-22-20(23(2)3)21-14-16-9-7-6-8-10-16/h6-13H,5,14-15H2,1-4H3,(H,21,22). The minimum Gasteiger partial charge on any atom is -0.493 e. The zero-order chi connectivity index (χ0) is 18.1. The van der Waals surface area contributed by atoms with Crippen LogP contribution in [0.15, 0.2) is 53.5 Å². The van der Waals surface area contributed by atoms with Crippen LogP contribution in [0.2, 0.25) is 0 Å². The number of aliphatic imine (C=N–C) groups is 1. The molecule has 0 saturated carbocycles. The van der Waals surface area contributed by atoms with Gasteiger partial charge in [0, 0.05) is 20.6 Å². The second-order valence-corrected chi connectivity index (χ2v) is 5.79. The van der Waals surface area contributed by atoms with Crippen LogP contribution in [0, 0.1) is 0 Å². The molecular formula is C20H27N3O2. The van der Waals surface area contributed by atoms with Crippen LogP contribution in [0.3, 0.4) is 0 Å². The number of nitrogens with one attached hydrogen (secondary N) is 1. The molecule has 0 aliphatic heterocycles. The summed E-state index contributed by atoms with van der Waals surface area (Å²) in [6.45, 7) is 3.87. The first kappa shape index (κ1) is 18.6. The summed E-state index contributed by atoms with van der Waals surface area (Å²) < 4.78 is 11.0. The number of hydrogen-bond donors (Lipinski definition) is 1. The lowest BCUT2D eigenvalue weighted by molar-refractivity contribution is 0.310. The van der Waals surface area contributed by atoms with Gasteiger partial charge in [-0.05, 0) is 30.2 Å². The van der Waals surface area contributed by atoms with Gasteiger partial charge in [0.15, 0.2) is 17.5 Å². The second kappa shape index (κ2) is 9.57. The molecule has 0 aromatic heterocycles. The van der Waals surface area contributed by atoms with E-state index in [9.17, 15) is 0 Å². The lowest BCUT2D eigenvalue weighted by atomic mass is 10.2. The molecule has 1 N–H and O–H groups in total. The molecule has 0 spiro atoms. The van der Waals surface area contributed by atoms with Crippen LogP contribution in [0.5, 0.6) is 11.5 Å². The third-order valence-corrected chi connectivity index (χ3v) is 3.66. The highest BCUT2D eigenvalue weighted by atomic mass is 16.5. The SMILES string of the molecule is CCOc1cc(CN=C(NCc2ccccc2)N(C)C)ccc1OC.